The van der Waals surface area contributed by atoms with E-state index >= 15 is 0 Å². The van der Waals surface area contributed by atoms with Gasteiger partial charge in [0.15, 0.2) is 5.82 Å². The standard InChI is InChI=1S/C11H15N5/c1-6-13-11(16-15-6)10-4-7-2-3-8(12)5-9(7)14-10/h4,8,14H,2-3,5,12H2,1H3,(H,13,15,16). The van der Waals surface area contributed by atoms with Crippen molar-refractivity contribution < 1.29 is 0 Å². The van der Waals surface area contributed by atoms with E-state index in [4.69, 9.17) is 5.73 Å². The van der Waals surface area contributed by atoms with Gasteiger partial charge in [-0.25, -0.2) is 4.98 Å². The number of fused-ring (bicyclic) bond motifs is 1. The van der Waals surface area contributed by atoms with Crippen LogP contribution in [0.2, 0.25) is 0 Å². The summed E-state index contributed by atoms with van der Waals surface area (Å²) in [7, 11) is 0. The lowest BCUT2D eigenvalue weighted by Gasteiger charge is -2.17. The number of aromatic nitrogens is 4. The van der Waals surface area contributed by atoms with Crippen molar-refractivity contribution in [3.63, 3.8) is 0 Å². The highest BCUT2D eigenvalue weighted by molar-refractivity contribution is 5.53. The predicted octanol–water partition coefficient (Wildman–Crippen LogP) is 0.924. The van der Waals surface area contributed by atoms with Crippen molar-refractivity contribution in [3.05, 3.63) is 23.1 Å². The second kappa shape index (κ2) is 3.45. The van der Waals surface area contributed by atoms with Crippen LogP contribution in [0, 0.1) is 6.92 Å². The molecule has 1 atom stereocenters. The van der Waals surface area contributed by atoms with Crippen LogP contribution in [-0.4, -0.2) is 26.2 Å². The summed E-state index contributed by atoms with van der Waals surface area (Å²) >= 11 is 0. The quantitative estimate of drug-likeness (QED) is 0.664. The molecule has 16 heavy (non-hydrogen) atoms. The normalized spacial score (nSPS) is 19.8. The lowest BCUT2D eigenvalue weighted by Crippen LogP contribution is -2.27. The largest absolute Gasteiger partial charge is 0.355 e. The Morgan fingerprint density at radius 2 is 2.38 bits per heavy atom. The molecule has 1 aliphatic rings. The van der Waals surface area contributed by atoms with Crippen LogP contribution in [0.1, 0.15) is 23.5 Å². The zero-order valence-electron chi connectivity index (χ0n) is 9.25. The first kappa shape index (κ1) is 9.59. The SMILES string of the molecule is Cc1nc(-c2cc3c([nH]2)CC(N)CC3)n[nH]1. The Morgan fingerprint density at radius 3 is 3.12 bits per heavy atom. The Bertz CT molecular complexity index is 510. The van der Waals surface area contributed by atoms with Gasteiger partial charge in [-0.15, -0.1) is 0 Å². The van der Waals surface area contributed by atoms with Crippen LogP contribution >= 0.6 is 0 Å². The lowest BCUT2D eigenvalue weighted by molar-refractivity contribution is 0.570. The third-order valence-electron chi connectivity index (χ3n) is 3.08. The minimum absolute atomic E-state index is 0.285. The van der Waals surface area contributed by atoms with E-state index in [2.05, 4.69) is 26.2 Å². The smallest absolute Gasteiger partial charge is 0.197 e. The summed E-state index contributed by atoms with van der Waals surface area (Å²) in [4.78, 5) is 7.68. The van der Waals surface area contributed by atoms with E-state index in [-0.39, 0.29) is 6.04 Å². The molecule has 1 aliphatic carbocycles. The summed E-state index contributed by atoms with van der Waals surface area (Å²) in [5, 5.41) is 7.00. The van der Waals surface area contributed by atoms with Gasteiger partial charge in [-0.2, -0.15) is 5.10 Å². The van der Waals surface area contributed by atoms with Crippen molar-refractivity contribution in [1.29, 1.82) is 0 Å². The van der Waals surface area contributed by atoms with Crippen molar-refractivity contribution in [2.45, 2.75) is 32.2 Å². The Balaban J connectivity index is 1.98. The monoisotopic (exact) mass is 217 g/mol. The van der Waals surface area contributed by atoms with Gasteiger partial charge in [-0.3, -0.25) is 5.10 Å². The maximum atomic E-state index is 5.94. The minimum Gasteiger partial charge on any atom is -0.355 e. The summed E-state index contributed by atoms with van der Waals surface area (Å²) in [6.45, 7) is 1.90. The second-order valence-electron chi connectivity index (χ2n) is 4.43. The summed E-state index contributed by atoms with van der Waals surface area (Å²) < 4.78 is 0. The number of hydrogen-bond donors (Lipinski definition) is 3. The van der Waals surface area contributed by atoms with E-state index in [0.29, 0.717) is 0 Å². The molecule has 0 aromatic carbocycles. The van der Waals surface area contributed by atoms with Crippen LogP contribution < -0.4 is 5.73 Å². The summed E-state index contributed by atoms with van der Waals surface area (Å²) in [5.74, 6) is 1.57. The number of nitrogens with one attached hydrogen (secondary N) is 2. The number of nitrogens with zero attached hydrogens (tertiary/aromatic N) is 2. The molecule has 84 valence electrons. The van der Waals surface area contributed by atoms with E-state index in [0.717, 1.165) is 36.6 Å². The van der Waals surface area contributed by atoms with Gasteiger partial charge in [-0.05, 0) is 31.4 Å². The van der Waals surface area contributed by atoms with E-state index in [1.165, 1.54) is 11.3 Å². The Morgan fingerprint density at radius 1 is 1.50 bits per heavy atom. The molecule has 2 aromatic heterocycles. The predicted molar refractivity (Wildman–Crippen MR) is 60.9 cm³/mol. The second-order valence-corrected chi connectivity index (χ2v) is 4.43. The van der Waals surface area contributed by atoms with Gasteiger partial charge in [0.1, 0.15) is 5.82 Å². The molecule has 5 nitrogen and oxygen atoms in total. The first-order valence-electron chi connectivity index (χ1n) is 5.58. The topological polar surface area (TPSA) is 83.4 Å². The maximum absolute atomic E-state index is 5.94. The number of rotatable bonds is 1. The molecule has 0 bridgehead atoms. The molecule has 2 aromatic rings. The Hall–Kier alpha value is -1.62. The molecule has 0 fully saturated rings. The first-order chi connectivity index (χ1) is 7.72. The van der Waals surface area contributed by atoms with Gasteiger partial charge in [-0.1, -0.05) is 0 Å². The molecular formula is C11H15N5. The van der Waals surface area contributed by atoms with Gasteiger partial charge in [0.05, 0.1) is 5.69 Å². The van der Waals surface area contributed by atoms with Gasteiger partial charge in [0.25, 0.3) is 0 Å². The lowest BCUT2D eigenvalue weighted by atomic mass is 9.94. The molecule has 3 rings (SSSR count). The molecule has 0 saturated carbocycles. The highest BCUT2D eigenvalue weighted by atomic mass is 15.2. The number of nitrogens with two attached hydrogens (primary N) is 1. The molecule has 4 N–H and O–H groups in total. The summed E-state index contributed by atoms with van der Waals surface area (Å²) in [6, 6.07) is 2.43. The van der Waals surface area contributed by atoms with Crippen LogP contribution in [0.5, 0.6) is 0 Å². The highest BCUT2D eigenvalue weighted by Gasteiger charge is 2.19. The highest BCUT2D eigenvalue weighted by Crippen LogP contribution is 2.25. The molecule has 0 radical (unpaired) electrons. The van der Waals surface area contributed by atoms with E-state index in [1.54, 1.807) is 0 Å². The van der Waals surface area contributed by atoms with Gasteiger partial charge < -0.3 is 10.7 Å². The summed E-state index contributed by atoms with van der Waals surface area (Å²) in [5.41, 5.74) is 9.54. The third kappa shape index (κ3) is 1.53. The number of H-pyrrole nitrogens is 2. The molecule has 5 heteroatoms. The molecule has 0 spiro atoms. The number of hydrogen-bond acceptors (Lipinski definition) is 3. The third-order valence-corrected chi connectivity index (χ3v) is 3.08. The summed E-state index contributed by atoms with van der Waals surface area (Å²) in [6.07, 6.45) is 3.05. The fraction of sp³-hybridized carbons (Fsp3) is 0.455. The number of aromatic amines is 2. The van der Waals surface area contributed by atoms with Crippen molar-refractivity contribution in [2.75, 3.05) is 0 Å². The van der Waals surface area contributed by atoms with Gasteiger partial charge in [0.2, 0.25) is 0 Å². The van der Waals surface area contributed by atoms with Crippen molar-refractivity contribution in [1.82, 2.24) is 20.2 Å². The fourth-order valence-corrected chi connectivity index (χ4v) is 2.23. The molecule has 0 saturated heterocycles. The molecule has 0 aliphatic heterocycles. The Labute approximate surface area is 93.5 Å². The van der Waals surface area contributed by atoms with Crippen LogP contribution in [0.15, 0.2) is 6.07 Å². The van der Waals surface area contributed by atoms with Crippen LogP contribution in [0.25, 0.3) is 11.5 Å². The zero-order chi connectivity index (χ0) is 11.1. The minimum atomic E-state index is 0.285. The molecule has 1 unspecified atom stereocenters. The van der Waals surface area contributed by atoms with Gasteiger partial charge >= 0.3 is 0 Å². The number of aryl methyl sites for hydroxylation is 2. The van der Waals surface area contributed by atoms with Crippen LogP contribution in [-0.2, 0) is 12.8 Å². The molecular weight excluding hydrogens is 202 g/mol. The molecule has 2 heterocycles. The van der Waals surface area contributed by atoms with Crippen LogP contribution in [0.3, 0.4) is 0 Å². The van der Waals surface area contributed by atoms with E-state index in [1.807, 2.05) is 6.92 Å². The van der Waals surface area contributed by atoms with Crippen LogP contribution in [0.4, 0.5) is 0 Å². The van der Waals surface area contributed by atoms with Crippen molar-refractivity contribution in [2.24, 2.45) is 5.73 Å². The first-order valence-corrected chi connectivity index (χ1v) is 5.58. The maximum Gasteiger partial charge on any atom is 0.197 e. The Kier molecular flexibility index (Phi) is 2.07. The van der Waals surface area contributed by atoms with Gasteiger partial charge in [0, 0.05) is 18.2 Å². The van der Waals surface area contributed by atoms with E-state index in [9.17, 15) is 0 Å². The molecule has 0 amide bonds. The fourth-order valence-electron chi connectivity index (χ4n) is 2.23. The average Bonchev–Trinajstić information content (AvgIpc) is 2.83. The van der Waals surface area contributed by atoms with E-state index < -0.39 is 0 Å². The van der Waals surface area contributed by atoms with Crippen molar-refractivity contribution in [3.8, 4) is 11.5 Å². The average molecular weight is 217 g/mol. The zero-order valence-corrected chi connectivity index (χ0v) is 9.25. The van der Waals surface area contributed by atoms with Crippen molar-refractivity contribution >= 4 is 0 Å².